The fourth-order valence-electron chi connectivity index (χ4n) is 2.12. The number of thiophene rings is 1. The van der Waals surface area contributed by atoms with Crippen LogP contribution in [0.1, 0.15) is 15.2 Å². The second-order valence-electron chi connectivity index (χ2n) is 4.85. The first-order valence-electron chi connectivity index (χ1n) is 6.77. The van der Waals surface area contributed by atoms with Crippen molar-refractivity contribution < 1.29 is 9.53 Å². The van der Waals surface area contributed by atoms with Crippen LogP contribution in [0.25, 0.3) is 5.52 Å². The van der Waals surface area contributed by atoms with E-state index in [-0.39, 0.29) is 12.5 Å². The van der Waals surface area contributed by atoms with Crippen LogP contribution in [0.4, 0.5) is 0 Å². The van der Waals surface area contributed by atoms with E-state index in [1.165, 1.54) is 0 Å². The molecule has 0 aliphatic rings. The molecule has 3 aromatic heterocycles. The number of hydrogen-bond donors (Lipinski definition) is 0. The van der Waals surface area contributed by atoms with Gasteiger partial charge in [0.1, 0.15) is 6.61 Å². The Labute approximate surface area is 131 Å². The first kappa shape index (κ1) is 14.3. The molecule has 0 aliphatic heterocycles. The van der Waals surface area contributed by atoms with Crippen molar-refractivity contribution in [3.05, 3.63) is 58.8 Å². The van der Waals surface area contributed by atoms with Crippen molar-refractivity contribution in [3.63, 3.8) is 0 Å². The average Bonchev–Trinajstić information content (AvgIpc) is 3.21. The van der Waals surface area contributed by atoms with E-state index in [1.54, 1.807) is 42.2 Å². The fourth-order valence-corrected chi connectivity index (χ4v) is 2.91. The summed E-state index contributed by atoms with van der Waals surface area (Å²) >= 11 is 1.60. The number of aromatic nitrogens is 2. The minimum atomic E-state index is -0.421. The minimum Gasteiger partial charge on any atom is -0.461 e. The van der Waals surface area contributed by atoms with Crippen LogP contribution in [0.5, 0.6) is 0 Å². The van der Waals surface area contributed by atoms with Crippen molar-refractivity contribution >= 4 is 22.8 Å². The summed E-state index contributed by atoms with van der Waals surface area (Å²) in [5.74, 6) is -0.753. The van der Waals surface area contributed by atoms with E-state index in [0.29, 0.717) is 12.0 Å². The van der Waals surface area contributed by atoms with Gasteiger partial charge in [0.15, 0.2) is 0 Å². The first-order valence-corrected chi connectivity index (χ1v) is 7.65. The molecular weight excluding hydrogens is 298 g/mol. The molecule has 0 aromatic carbocycles. The van der Waals surface area contributed by atoms with Crippen molar-refractivity contribution in [1.29, 1.82) is 5.26 Å². The Kier molecular flexibility index (Phi) is 4.17. The number of pyridine rings is 1. The predicted octanol–water partition coefficient (Wildman–Crippen LogP) is 2.94. The topological polar surface area (TPSA) is 67.4 Å². The van der Waals surface area contributed by atoms with Crippen LogP contribution in [0.15, 0.2) is 48.4 Å². The molecule has 0 amide bonds. The van der Waals surface area contributed by atoms with E-state index >= 15 is 0 Å². The lowest BCUT2D eigenvalue weighted by Crippen LogP contribution is -2.15. The molecule has 3 heterocycles. The van der Waals surface area contributed by atoms with Crippen molar-refractivity contribution in [1.82, 2.24) is 9.38 Å². The number of nitriles is 1. The van der Waals surface area contributed by atoms with E-state index in [4.69, 9.17) is 4.74 Å². The predicted molar refractivity (Wildman–Crippen MR) is 82.6 cm³/mol. The van der Waals surface area contributed by atoms with Crippen molar-refractivity contribution in [3.8, 4) is 6.07 Å². The highest BCUT2D eigenvalue weighted by atomic mass is 32.1. The van der Waals surface area contributed by atoms with Gasteiger partial charge in [0.25, 0.3) is 0 Å². The molecule has 3 aromatic rings. The highest BCUT2D eigenvalue weighted by molar-refractivity contribution is 7.09. The normalized spacial score (nSPS) is 12.0. The van der Waals surface area contributed by atoms with Gasteiger partial charge >= 0.3 is 5.97 Å². The standard InChI is InChI=1S/C16H13N3O2S/c17-8-12(6-15-2-1-5-22-15)10-21-16(20)13-3-4-19-11-18-9-14(19)7-13/h1-5,7,9,11-12H,6,10H2. The van der Waals surface area contributed by atoms with Gasteiger partial charge in [-0.25, -0.2) is 9.78 Å². The van der Waals surface area contributed by atoms with Crippen LogP contribution in [-0.2, 0) is 11.2 Å². The van der Waals surface area contributed by atoms with Gasteiger partial charge in [-0.2, -0.15) is 5.26 Å². The van der Waals surface area contributed by atoms with Gasteiger partial charge in [0.2, 0.25) is 0 Å². The van der Waals surface area contributed by atoms with Crippen LogP contribution < -0.4 is 0 Å². The second kappa shape index (κ2) is 6.41. The lowest BCUT2D eigenvalue weighted by molar-refractivity contribution is 0.0468. The second-order valence-corrected chi connectivity index (χ2v) is 5.88. The maximum atomic E-state index is 12.1. The van der Waals surface area contributed by atoms with Gasteiger partial charge in [-0.05, 0) is 23.6 Å². The molecule has 0 fully saturated rings. The molecule has 22 heavy (non-hydrogen) atoms. The Morgan fingerprint density at radius 2 is 2.41 bits per heavy atom. The number of carbonyl (C=O) groups is 1. The number of esters is 1. The van der Waals surface area contributed by atoms with Gasteiger partial charge in [0, 0.05) is 17.5 Å². The lowest BCUT2D eigenvalue weighted by Gasteiger charge is -2.09. The van der Waals surface area contributed by atoms with Crippen LogP contribution in [0.2, 0.25) is 0 Å². The molecule has 5 nitrogen and oxygen atoms in total. The summed E-state index contributed by atoms with van der Waals surface area (Å²) in [6.45, 7) is 0.0949. The summed E-state index contributed by atoms with van der Waals surface area (Å²) in [4.78, 5) is 17.2. The van der Waals surface area contributed by atoms with Crippen molar-refractivity contribution in [2.45, 2.75) is 6.42 Å². The molecule has 1 atom stereocenters. The quantitative estimate of drug-likeness (QED) is 0.679. The highest BCUT2D eigenvalue weighted by Gasteiger charge is 2.14. The maximum Gasteiger partial charge on any atom is 0.338 e. The smallest absolute Gasteiger partial charge is 0.338 e. The van der Waals surface area contributed by atoms with Gasteiger partial charge in [-0.3, -0.25) is 0 Å². The third kappa shape index (κ3) is 3.15. The number of rotatable bonds is 5. The zero-order chi connectivity index (χ0) is 15.4. The molecular formula is C16H13N3O2S. The Bertz CT molecular complexity index is 817. The summed E-state index contributed by atoms with van der Waals surface area (Å²) in [7, 11) is 0. The fraction of sp³-hybridized carbons (Fsp3) is 0.188. The summed E-state index contributed by atoms with van der Waals surface area (Å²) in [6.07, 6.45) is 5.69. The summed E-state index contributed by atoms with van der Waals surface area (Å²) in [6, 6.07) is 9.51. The third-order valence-corrected chi connectivity index (χ3v) is 4.17. The van der Waals surface area contributed by atoms with Gasteiger partial charge < -0.3 is 9.14 Å². The zero-order valence-corrected chi connectivity index (χ0v) is 12.5. The van der Waals surface area contributed by atoms with Crippen LogP contribution in [0.3, 0.4) is 0 Å². The van der Waals surface area contributed by atoms with Gasteiger partial charge in [0.05, 0.1) is 35.6 Å². The summed E-state index contributed by atoms with van der Waals surface area (Å²) in [5, 5.41) is 11.1. The summed E-state index contributed by atoms with van der Waals surface area (Å²) in [5.41, 5.74) is 1.28. The molecule has 0 saturated carbocycles. The van der Waals surface area contributed by atoms with E-state index in [9.17, 15) is 10.1 Å². The van der Waals surface area contributed by atoms with E-state index in [0.717, 1.165) is 10.4 Å². The van der Waals surface area contributed by atoms with Crippen LogP contribution in [0, 0.1) is 17.2 Å². The highest BCUT2D eigenvalue weighted by Crippen LogP contribution is 2.15. The summed E-state index contributed by atoms with van der Waals surface area (Å²) < 4.78 is 7.08. The molecule has 0 spiro atoms. The van der Waals surface area contributed by atoms with Gasteiger partial charge in [-0.1, -0.05) is 6.07 Å². The SMILES string of the molecule is N#CC(COC(=O)c1ccn2cncc2c1)Cc1cccs1. The number of imidazole rings is 1. The van der Waals surface area contributed by atoms with Crippen molar-refractivity contribution in [2.24, 2.45) is 5.92 Å². The van der Waals surface area contributed by atoms with E-state index < -0.39 is 5.97 Å². The molecule has 3 rings (SSSR count). The molecule has 0 aliphatic carbocycles. The number of ether oxygens (including phenoxy) is 1. The molecule has 0 saturated heterocycles. The molecule has 0 radical (unpaired) electrons. The number of fused-ring (bicyclic) bond motifs is 1. The Morgan fingerprint density at radius 1 is 1.50 bits per heavy atom. The largest absolute Gasteiger partial charge is 0.461 e. The number of hydrogen-bond acceptors (Lipinski definition) is 5. The molecule has 110 valence electrons. The zero-order valence-electron chi connectivity index (χ0n) is 11.7. The van der Waals surface area contributed by atoms with E-state index in [1.807, 2.05) is 21.9 Å². The first-order chi connectivity index (χ1) is 10.8. The molecule has 0 N–H and O–H groups in total. The third-order valence-electron chi connectivity index (χ3n) is 3.28. The Balaban J connectivity index is 1.62. The molecule has 6 heteroatoms. The van der Waals surface area contributed by atoms with E-state index in [2.05, 4.69) is 11.1 Å². The molecule has 1 unspecified atom stereocenters. The lowest BCUT2D eigenvalue weighted by atomic mass is 10.1. The minimum absolute atomic E-state index is 0.0949. The molecule has 0 bridgehead atoms. The van der Waals surface area contributed by atoms with Gasteiger partial charge in [-0.15, -0.1) is 11.3 Å². The maximum absolute atomic E-state index is 12.1. The monoisotopic (exact) mass is 311 g/mol. The average molecular weight is 311 g/mol. The Hall–Kier alpha value is -2.65. The number of carbonyl (C=O) groups excluding carboxylic acids is 1. The van der Waals surface area contributed by atoms with Crippen molar-refractivity contribution in [2.75, 3.05) is 6.61 Å². The van der Waals surface area contributed by atoms with Crippen LogP contribution in [-0.4, -0.2) is 22.0 Å². The number of nitrogens with zero attached hydrogens (tertiary/aromatic N) is 3. The van der Waals surface area contributed by atoms with Crippen LogP contribution >= 0.6 is 11.3 Å². The Morgan fingerprint density at radius 3 is 3.18 bits per heavy atom.